The highest BCUT2D eigenvalue weighted by molar-refractivity contribution is 7.92. The quantitative estimate of drug-likeness (QED) is 0.324. The molecule has 4 atom stereocenters. The Bertz CT molecular complexity index is 1800. The molecule has 1 aliphatic rings. The summed E-state index contributed by atoms with van der Waals surface area (Å²) in [6.07, 6.45) is 1.12. The number of aromatic nitrogens is 2. The number of nitrogens with one attached hydrogen (secondary N) is 1. The van der Waals surface area contributed by atoms with E-state index in [1.165, 1.54) is 49.2 Å². The van der Waals surface area contributed by atoms with Gasteiger partial charge in [0.1, 0.15) is 22.0 Å². The van der Waals surface area contributed by atoms with Crippen molar-refractivity contribution in [1.82, 2.24) is 19.5 Å². The van der Waals surface area contributed by atoms with Gasteiger partial charge in [0.15, 0.2) is 16.4 Å². The molecule has 0 fully saturated rings. The molecule has 0 radical (unpaired) electrons. The first-order chi connectivity index (χ1) is 23.0. The molecule has 4 rings (SSSR count). The molecule has 2 N–H and O–H groups in total. The summed E-state index contributed by atoms with van der Waals surface area (Å²) in [5, 5.41) is 17.8. The summed E-state index contributed by atoms with van der Waals surface area (Å²) >= 11 is 0. The number of ether oxygens (including phenoxy) is 2. The number of likely N-dealkylation sites (N-methyl/N-ethyl adjacent to an activating group) is 1. The Morgan fingerprint density at radius 2 is 1.65 bits per heavy atom. The summed E-state index contributed by atoms with van der Waals surface area (Å²) in [7, 11) is -6.64. The van der Waals surface area contributed by atoms with Crippen LogP contribution in [0, 0.1) is 33.6 Å². The molecule has 2 aromatic heterocycles. The van der Waals surface area contributed by atoms with Crippen LogP contribution < -0.4 is 9.46 Å². The van der Waals surface area contributed by atoms with Crippen LogP contribution in [0.2, 0.25) is 0 Å². The third kappa shape index (κ3) is 8.63. The maximum absolute atomic E-state index is 14.4. The molecular formula is C32H47N5O10S2. The van der Waals surface area contributed by atoms with Crippen molar-refractivity contribution in [2.24, 2.45) is 5.92 Å². The molecule has 0 saturated carbocycles. The highest BCUT2D eigenvalue weighted by Crippen LogP contribution is 2.31. The van der Waals surface area contributed by atoms with Crippen LogP contribution in [-0.4, -0.2) is 99.0 Å². The largest absolute Gasteiger partial charge is 0.490 e. The summed E-state index contributed by atoms with van der Waals surface area (Å²) in [5.41, 5.74) is 0.643. The zero-order valence-corrected chi connectivity index (χ0v) is 30.9. The van der Waals surface area contributed by atoms with E-state index in [-0.39, 0.29) is 75.5 Å². The third-order valence-electron chi connectivity index (χ3n) is 8.61. The number of anilines is 1. The molecule has 0 saturated heterocycles. The van der Waals surface area contributed by atoms with Crippen LogP contribution >= 0.6 is 0 Å². The summed E-state index contributed by atoms with van der Waals surface area (Å²) in [4.78, 5) is 15.8. The second-order valence-corrected chi connectivity index (χ2v) is 16.3. The lowest BCUT2D eigenvalue weighted by Crippen LogP contribution is -2.48. The van der Waals surface area contributed by atoms with Crippen LogP contribution in [0.4, 0.5) is 5.69 Å². The number of hydrogen-bond donors (Lipinski definition) is 2. The van der Waals surface area contributed by atoms with E-state index in [9.17, 15) is 26.7 Å². The van der Waals surface area contributed by atoms with Crippen LogP contribution in [0.5, 0.6) is 5.75 Å². The Kier molecular flexibility index (Phi) is 12.2. The van der Waals surface area contributed by atoms with Crippen molar-refractivity contribution in [2.75, 3.05) is 38.1 Å². The molecule has 1 amide bonds. The normalized spacial score (nSPS) is 20.8. The minimum atomic E-state index is -4.12. The summed E-state index contributed by atoms with van der Waals surface area (Å²) in [5.74, 6) is -0.360. The predicted molar refractivity (Wildman–Crippen MR) is 179 cm³/mol. The number of aryl methyl sites for hydroxylation is 4. The van der Waals surface area contributed by atoms with Gasteiger partial charge in [-0.15, -0.1) is 0 Å². The number of nitrogens with zero attached hydrogens (tertiary/aromatic N) is 4. The van der Waals surface area contributed by atoms with Gasteiger partial charge in [0.2, 0.25) is 10.0 Å². The maximum Gasteiger partial charge on any atom is 0.267 e. The van der Waals surface area contributed by atoms with Gasteiger partial charge in [-0.05, 0) is 79.0 Å². The van der Waals surface area contributed by atoms with Crippen LogP contribution in [-0.2, 0) is 24.8 Å². The number of fused-ring (bicyclic) bond motifs is 1. The standard InChI is InChI=1S/C32H47N5O10S2/c1-19-16-37(20(2)18-38)32(39)27-15-26(35-48(40,41)30-22(4)33-46-24(30)6)12-13-28(27)45-21(3)11-9-10-14-44-29(19)17-36(8)49(42,43)31-23(5)34-47-25(31)7/h12-13,15,19-21,29,35,38H,9-11,14,16-18H2,1-8H3/t19-,20+,21+,29+/m1/s1. The molecule has 0 unspecified atom stereocenters. The van der Waals surface area contributed by atoms with E-state index in [1.807, 2.05) is 13.8 Å². The molecule has 0 bridgehead atoms. The monoisotopic (exact) mass is 725 g/mol. The number of carbonyl (C=O) groups is 1. The third-order valence-corrected chi connectivity index (χ3v) is 12.3. The van der Waals surface area contributed by atoms with Gasteiger partial charge in [-0.2, -0.15) is 4.31 Å². The highest BCUT2D eigenvalue weighted by Gasteiger charge is 2.35. The minimum Gasteiger partial charge on any atom is -0.490 e. The number of carbonyl (C=O) groups excluding carboxylic acids is 1. The van der Waals surface area contributed by atoms with Crippen LogP contribution in [0.1, 0.15) is 73.3 Å². The van der Waals surface area contributed by atoms with Crippen molar-refractivity contribution in [3.8, 4) is 5.75 Å². The molecular weight excluding hydrogens is 679 g/mol. The first-order valence-electron chi connectivity index (χ1n) is 16.2. The Morgan fingerprint density at radius 1 is 1.02 bits per heavy atom. The van der Waals surface area contributed by atoms with E-state index in [1.54, 1.807) is 19.9 Å². The van der Waals surface area contributed by atoms with Crippen LogP contribution in [0.25, 0.3) is 0 Å². The van der Waals surface area contributed by atoms with E-state index in [0.29, 0.717) is 19.4 Å². The lowest BCUT2D eigenvalue weighted by atomic mass is 10.0. The zero-order chi connectivity index (χ0) is 36.3. The topological polar surface area (TPSA) is 195 Å². The molecule has 1 aromatic carbocycles. The first-order valence-corrected chi connectivity index (χ1v) is 19.1. The fraction of sp³-hybridized carbons (Fsp3) is 0.594. The number of amides is 1. The fourth-order valence-electron chi connectivity index (χ4n) is 5.86. The van der Waals surface area contributed by atoms with Gasteiger partial charge in [-0.1, -0.05) is 17.2 Å². The Morgan fingerprint density at radius 3 is 2.24 bits per heavy atom. The molecule has 0 aliphatic carbocycles. The zero-order valence-electron chi connectivity index (χ0n) is 29.2. The van der Waals surface area contributed by atoms with E-state index in [0.717, 1.165) is 6.42 Å². The van der Waals surface area contributed by atoms with Crippen LogP contribution in [0.3, 0.4) is 0 Å². The summed E-state index contributed by atoms with van der Waals surface area (Å²) in [6, 6.07) is 3.80. The highest BCUT2D eigenvalue weighted by atomic mass is 32.2. The van der Waals surface area contributed by atoms with Crippen molar-refractivity contribution < 1.29 is 45.3 Å². The van der Waals surface area contributed by atoms with Crippen LogP contribution in [0.15, 0.2) is 37.0 Å². The average Bonchev–Trinajstić information content (AvgIpc) is 3.57. The lowest BCUT2D eigenvalue weighted by molar-refractivity contribution is -0.00835. The lowest BCUT2D eigenvalue weighted by Gasteiger charge is -2.35. The second kappa shape index (κ2) is 15.6. The van der Waals surface area contributed by atoms with Gasteiger partial charge >= 0.3 is 0 Å². The van der Waals surface area contributed by atoms with Gasteiger partial charge in [0.25, 0.3) is 15.9 Å². The van der Waals surface area contributed by atoms with Crippen molar-refractivity contribution >= 4 is 31.6 Å². The van der Waals surface area contributed by atoms with Crippen molar-refractivity contribution in [3.63, 3.8) is 0 Å². The van der Waals surface area contributed by atoms with E-state index in [4.69, 9.17) is 18.5 Å². The molecule has 3 aromatic rings. The Balaban J connectivity index is 1.70. The van der Waals surface area contributed by atoms with Gasteiger partial charge in [0.05, 0.1) is 30.4 Å². The number of sulfonamides is 2. The average molecular weight is 726 g/mol. The van der Waals surface area contributed by atoms with E-state index < -0.39 is 44.0 Å². The number of rotatable bonds is 9. The first kappa shape index (κ1) is 38.3. The van der Waals surface area contributed by atoms with Gasteiger partial charge in [0, 0.05) is 38.3 Å². The summed E-state index contributed by atoms with van der Waals surface area (Å²) < 4.78 is 80.2. The Hall–Kier alpha value is -3.51. The smallest absolute Gasteiger partial charge is 0.267 e. The van der Waals surface area contributed by atoms with E-state index >= 15 is 0 Å². The van der Waals surface area contributed by atoms with Crippen molar-refractivity contribution in [2.45, 2.75) is 95.8 Å². The minimum absolute atomic E-state index is 0.000582. The molecule has 0 spiro atoms. The molecule has 3 heterocycles. The molecule has 1 aliphatic heterocycles. The van der Waals surface area contributed by atoms with Gasteiger partial charge in [-0.3, -0.25) is 9.52 Å². The molecule has 272 valence electrons. The Labute approximate surface area is 288 Å². The van der Waals surface area contributed by atoms with Crippen molar-refractivity contribution in [1.29, 1.82) is 0 Å². The SMILES string of the molecule is Cc1noc(C)c1S(=O)(=O)Nc1ccc2c(c1)C(=O)N([C@@H](C)CO)C[C@@H](C)[C@H](CN(C)S(=O)(=O)c1c(C)noc1C)OCCCC[C@H](C)O2. The van der Waals surface area contributed by atoms with Gasteiger partial charge in [-0.25, -0.2) is 16.8 Å². The number of aliphatic hydroxyl groups is 1. The number of benzene rings is 1. The number of aliphatic hydroxyl groups excluding tert-OH is 1. The molecule has 15 nitrogen and oxygen atoms in total. The van der Waals surface area contributed by atoms with Gasteiger partial charge < -0.3 is 28.5 Å². The van der Waals surface area contributed by atoms with Crippen molar-refractivity contribution in [3.05, 3.63) is 46.7 Å². The second-order valence-electron chi connectivity index (χ2n) is 12.7. The summed E-state index contributed by atoms with van der Waals surface area (Å²) in [6.45, 7) is 11.6. The van der Waals surface area contributed by atoms with E-state index in [2.05, 4.69) is 15.0 Å². The maximum atomic E-state index is 14.4. The molecule has 49 heavy (non-hydrogen) atoms. The predicted octanol–water partition coefficient (Wildman–Crippen LogP) is 3.81. The number of hydrogen-bond acceptors (Lipinski definition) is 12. The molecule has 17 heteroatoms. The fourth-order valence-corrected chi connectivity index (χ4v) is 8.71.